The largest absolute Gasteiger partial charge is 0.370 e. The lowest BCUT2D eigenvalue weighted by Gasteiger charge is -2.13. The highest BCUT2D eigenvalue weighted by atomic mass is 16.5. The molecule has 19 heavy (non-hydrogen) atoms. The summed E-state index contributed by atoms with van der Waals surface area (Å²) in [6, 6.07) is 0. The number of rotatable bonds is 8. The molecule has 2 atom stereocenters. The zero-order valence-corrected chi connectivity index (χ0v) is 12.1. The molecule has 0 saturated heterocycles. The molecule has 1 aliphatic rings. The van der Waals surface area contributed by atoms with Crippen LogP contribution in [0, 0.1) is 11.8 Å². The fourth-order valence-corrected chi connectivity index (χ4v) is 2.40. The zero-order chi connectivity index (χ0) is 13.8. The van der Waals surface area contributed by atoms with Crippen LogP contribution in [0.15, 0.2) is 4.52 Å². The van der Waals surface area contributed by atoms with Gasteiger partial charge in [-0.2, -0.15) is 4.98 Å². The number of aromatic nitrogens is 2. The molecule has 1 aliphatic carbocycles. The molecule has 1 saturated carbocycles. The molecule has 0 aliphatic heterocycles. The second kappa shape index (κ2) is 6.48. The van der Waals surface area contributed by atoms with Gasteiger partial charge in [-0.15, -0.1) is 0 Å². The number of ether oxygens (including phenoxy) is 1. The highest BCUT2D eigenvalue weighted by molar-refractivity contribution is 5.01. The highest BCUT2D eigenvalue weighted by Crippen LogP contribution is 2.42. The van der Waals surface area contributed by atoms with E-state index in [1.165, 1.54) is 12.8 Å². The van der Waals surface area contributed by atoms with Crippen LogP contribution in [0.4, 0.5) is 0 Å². The van der Waals surface area contributed by atoms with Gasteiger partial charge in [-0.25, -0.2) is 0 Å². The number of nitrogens with two attached hydrogens (primary N) is 1. The van der Waals surface area contributed by atoms with E-state index in [1.807, 2.05) is 6.92 Å². The lowest BCUT2D eigenvalue weighted by molar-refractivity contribution is 0.0384. The summed E-state index contributed by atoms with van der Waals surface area (Å²) in [5.74, 6) is 2.64. The molecule has 108 valence electrons. The van der Waals surface area contributed by atoms with Gasteiger partial charge in [0, 0.05) is 13.2 Å². The quantitative estimate of drug-likeness (QED) is 0.783. The van der Waals surface area contributed by atoms with Crippen LogP contribution in [0.5, 0.6) is 0 Å². The summed E-state index contributed by atoms with van der Waals surface area (Å²) in [6.07, 6.45) is 3.36. The highest BCUT2D eigenvalue weighted by Gasteiger charge is 2.36. The lowest BCUT2D eigenvalue weighted by Crippen LogP contribution is -2.15. The van der Waals surface area contributed by atoms with Gasteiger partial charge >= 0.3 is 0 Å². The van der Waals surface area contributed by atoms with Crippen molar-refractivity contribution in [3.8, 4) is 0 Å². The van der Waals surface area contributed by atoms with E-state index in [0.29, 0.717) is 36.7 Å². The Morgan fingerprint density at radius 2 is 2.16 bits per heavy atom. The van der Waals surface area contributed by atoms with Crippen molar-refractivity contribution in [2.75, 3.05) is 13.2 Å². The minimum absolute atomic E-state index is 0.0000236. The number of hydrogen-bond acceptors (Lipinski definition) is 5. The number of hydrogen-bond donors (Lipinski definition) is 1. The van der Waals surface area contributed by atoms with Crippen molar-refractivity contribution in [1.82, 2.24) is 10.1 Å². The van der Waals surface area contributed by atoms with E-state index in [2.05, 4.69) is 24.0 Å². The van der Waals surface area contributed by atoms with Gasteiger partial charge in [0.2, 0.25) is 11.7 Å². The van der Waals surface area contributed by atoms with E-state index in [4.69, 9.17) is 15.0 Å². The van der Waals surface area contributed by atoms with Crippen LogP contribution in [0.25, 0.3) is 0 Å². The van der Waals surface area contributed by atoms with Crippen LogP contribution >= 0.6 is 0 Å². The van der Waals surface area contributed by atoms with Crippen molar-refractivity contribution in [3.63, 3.8) is 0 Å². The standard InChI is InChI=1S/C14H25N3O2/c1-4-18-12(10-5-6-10)13-16-14(19-17-13)11(8-15)7-9(2)3/h9-12H,4-8,15H2,1-3H3. The van der Waals surface area contributed by atoms with Gasteiger partial charge in [0.15, 0.2) is 0 Å². The average Bonchev–Trinajstić information content (AvgIpc) is 3.10. The third-order valence-corrected chi connectivity index (χ3v) is 3.50. The van der Waals surface area contributed by atoms with Crippen molar-refractivity contribution in [3.05, 3.63) is 11.7 Å². The minimum Gasteiger partial charge on any atom is -0.370 e. The normalized spacial score (nSPS) is 18.8. The first-order valence-corrected chi connectivity index (χ1v) is 7.30. The summed E-state index contributed by atoms with van der Waals surface area (Å²) in [7, 11) is 0. The van der Waals surface area contributed by atoms with Crippen molar-refractivity contribution >= 4 is 0 Å². The first-order chi connectivity index (χ1) is 9.15. The molecule has 1 heterocycles. The van der Waals surface area contributed by atoms with Gasteiger partial charge < -0.3 is 15.0 Å². The Morgan fingerprint density at radius 3 is 2.68 bits per heavy atom. The Bertz CT molecular complexity index is 388. The van der Waals surface area contributed by atoms with E-state index in [-0.39, 0.29) is 12.0 Å². The molecule has 0 amide bonds. The molecular formula is C14H25N3O2. The first-order valence-electron chi connectivity index (χ1n) is 7.30. The molecule has 2 N–H and O–H groups in total. The van der Waals surface area contributed by atoms with Crippen molar-refractivity contribution < 1.29 is 9.26 Å². The Labute approximate surface area is 114 Å². The molecule has 1 fully saturated rings. The van der Waals surface area contributed by atoms with Gasteiger partial charge in [-0.3, -0.25) is 0 Å². The molecule has 2 rings (SSSR count). The zero-order valence-electron chi connectivity index (χ0n) is 12.1. The molecule has 0 radical (unpaired) electrons. The topological polar surface area (TPSA) is 74.2 Å². The van der Waals surface area contributed by atoms with Gasteiger partial charge in [0.05, 0.1) is 5.92 Å². The molecule has 5 nitrogen and oxygen atoms in total. The molecule has 0 spiro atoms. The monoisotopic (exact) mass is 267 g/mol. The van der Waals surface area contributed by atoms with Crippen LogP contribution in [0.3, 0.4) is 0 Å². The van der Waals surface area contributed by atoms with E-state index >= 15 is 0 Å². The van der Waals surface area contributed by atoms with E-state index in [9.17, 15) is 0 Å². The second-order valence-corrected chi connectivity index (χ2v) is 5.77. The van der Waals surface area contributed by atoms with Crippen LogP contribution in [0.1, 0.15) is 63.8 Å². The van der Waals surface area contributed by atoms with Crippen LogP contribution < -0.4 is 5.73 Å². The first kappa shape index (κ1) is 14.5. The lowest BCUT2D eigenvalue weighted by atomic mass is 9.97. The predicted octanol–water partition coefficient (Wildman–Crippen LogP) is 2.65. The van der Waals surface area contributed by atoms with Crippen LogP contribution in [0.2, 0.25) is 0 Å². The Hall–Kier alpha value is -0.940. The van der Waals surface area contributed by atoms with E-state index in [0.717, 1.165) is 6.42 Å². The summed E-state index contributed by atoms with van der Waals surface area (Å²) in [6.45, 7) is 7.57. The Balaban J connectivity index is 2.07. The van der Waals surface area contributed by atoms with Gasteiger partial charge in [-0.05, 0) is 38.0 Å². The van der Waals surface area contributed by atoms with E-state index < -0.39 is 0 Å². The molecule has 1 aromatic rings. The third-order valence-electron chi connectivity index (χ3n) is 3.50. The summed E-state index contributed by atoms with van der Waals surface area (Å²) in [5, 5.41) is 4.11. The third kappa shape index (κ3) is 3.76. The fourth-order valence-electron chi connectivity index (χ4n) is 2.40. The molecule has 5 heteroatoms. The summed E-state index contributed by atoms with van der Waals surface area (Å²) in [5.41, 5.74) is 5.81. The fraction of sp³-hybridized carbons (Fsp3) is 0.857. The van der Waals surface area contributed by atoms with Gasteiger partial charge in [0.1, 0.15) is 6.10 Å². The smallest absolute Gasteiger partial charge is 0.231 e. The molecule has 0 aromatic carbocycles. The molecule has 1 aromatic heterocycles. The average molecular weight is 267 g/mol. The van der Waals surface area contributed by atoms with Crippen LogP contribution in [-0.4, -0.2) is 23.3 Å². The SMILES string of the molecule is CCOC(c1noc(C(CN)CC(C)C)n1)C1CC1. The Morgan fingerprint density at radius 1 is 1.42 bits per heavy atom. The minimum atomic E-state index is -0.0000236. The predicted molar refractivity (Wildman–Crippen MR) is 72.6 cm³/mol. The van der Waals surface area contributed by atoms with Gasteiger partial charge in [0.25, 0.3) is 0 Å². The van der Waals surface area contributed by atoms with Crippen LogP contribution in [-0.2, 0) is 4.74 Å². The molecule has 2 unspecified atom stereocenters. The van der Waals surface area contributed by atoms with Crippen molar-refractivity contribution in [2.24, 2.45) is 17.6 Å². The van der Waals surface area contributed by atoms with Crippen molar-refractivity contribution in [1.29, 1.82) is 0 Å². The summed E-state index contributed by atoms with van der Waals surface area (Å²) in [4.78, 5) is 4.53. The maximum absolute atomic E-state index is 5.81. The molecule has 0 bridgehead atoms. The van der Waals surface area contributed by atoms with Gasteiger partial charge in [-0.1, -0.05) is 19.0 Å². The Kier molecular flexibility index (Phi) is 4.93. The summed E-state index contributed by atoms with van der Waals surface area (Å²) < 4.78 is 11.1. The van der Waals surface area contributed by atoms with E-state index in [1.54, 1.807) is 0 Å². The second-order valence-electron chi connectivity index (χ2n) is 5.77. The summed E-state index contributed by atoms with van der Waals surface area (Å²) >= 11 is 0. The molecular weight excluding hydrogens is 242 g/mol. The van der Waals surface area contributed by atoms with Crippen molar-refractivity contribution in [2.45, 2.75) is 52.1 Å². The maximum atomic E-state index is 5.81. The number of nitrogens with zero attached hydrogens (tertiary/aromatic N) is 2. The maximum Gasteiger partial charge on any atom is 0.231 e.